The minimum atomic E-state index is -4.52. The summed E-state index contributed by atoms with van der Waals surface area (Å²) in [5, 5.41) is 9.09. The van der Waals surface area contributed by atoms with Crippen LogP contribution in [0.5, 0.6) is 0 Å². The largest absolute Gasteiger partial charge is 0.417 e. The van der Waals surface area contributed by atoms with Crippen LogP contribution in [0.1, 0.15) is 33.6 Å². The highest BCUT2D eigenvalue weighted by Crippen LogP contribution is 2.41. The molecule has 1 N–H and O–H groups in total. The molecule has 114 valence electrons. The maximum absolute atomic E-state index is 12.9. The zero-order chi connectivity index (χ0) is 15.1. The van der Waals surface area contributed by atoms with Crippen molar-refractivity contribution in [3.8, 4) is 0 Å². The van der Waals surface area contributed by atoms with Crippen LogP contribution in [0.3, 0.4) is 0 Å². The summed E-state index contributed by atoms with van der Waals surface area (Å²) in [6.07, 6.45) is -8.60. The molecule has 0 aromatic rings. The lowest BCUT2D eigenvalue weighted by atomic mass is 10.0. The van der Waals surface area contributed by atoms with E-state index in [1.807, 2.05) is 33.9 Å². The second-order valence-corrected chi connectivity index (χ2v) is 11.3. The van der Waals surface area contributed by atoms with Crippen molar-refractivity contribution in [2.75, 3.05) is 0 Å². The molecule has 1 fully saturated rings. The molecule has 7 heteroatoms. The highest BCUT2D eigenvalue weighted by molar-refractivity contribution is 6.74. The summed E-state index contributed by atoms with van der Waals surface area (Å²) in [4.78, 5) is 0. The van der Waals surface area contributed by atoms with E-state index in [-0.39, 0.29) is 17.9 Å². The third-order valence-electron chi connectivity index (χ3n) is 3.91. The molecule has 0 aromatic heterocycles. The summed E-state index contributed by atoms with van der Waals surface area (Å²) in [5.41, 5.74) is 0. The molecule has 1 aliphatic rings. The average molecular weight is 300 g/mol. The van der Waals surface area contributed by atoms with Crippen LogP contribution in [-0.2, 0) is 9.16 Å². The van der Waals surface area contributed by atoms with E-state index in [1.165, 1.54) is 0 Å². The molecule has 0 aromatic carbocycles. The van der Waals surface area contributed by atoms with Gasteiger partial charge in [-0.3, -0.25) is 0 Å². The molecule has 19 heavy (non-hydrogen) atoms. The molecule has 0 aliphatic carbocycles. The van der Waals surface area contributed by atoms with Crippen molar-refractivity contribution in [1.82, 2.24) is 0 Å². The number of hydrogen-bond donors (Lipinski definition) is 1. The minimum absolute atomic E-state index is 0.165. The number of rotatable bonds is 2. The molecule has 1 saturated heterocycles. The maximum Gasteiger partial charge on any atom is 0.417 e. The number of ether oxygens (including phenoxy) is 1. The van der Waals surface area contributed by atoms with E-state index in [0.717, 1.165) is 0 Å². The van der Waals surface area contributed by atoms with Crippen molar-refractivity contribution in [1.29, 1.82) is 0 Å². The quantitative estimate of drug-likeness (QED) is 0.794. The fourth-order valence-electron chi connectivity index (χ4n) is 1.75. The van der Waals surface area contributed by atoms with Crippen molar-refractivity contribution in [3.63, 3.8) is 0 Å². The highest BCUT2D eigenvalue weighted by Gasteiger charge is 2.52. The average Bonchev–Trinajstić information content (AvgIpc) is 2.17. The fourth-order valence-corrected chi connectivity index (χ4v) is 3.10. The van der Waals surface area contributed by atoms with Crippen molar-refractivity contribution >= 4 is 8.32 Å². The van der Waals surface area contributed by atoms with Crippen LogP contribution in [0.15, 0.2) is 0 Å². The third-order valence-corrected chi connectivity index (χ3v) is 8.42. The summed E-state index contributed by atoms with van der Waals surface area (Å²) in [6, 6.07) is 0. The van der Waals surface area contributed by atoms with Crippen molar-refractivity contribution in [2.24, 2.45) is 0 Å². The third kappa shape index (κ3) is 4.17. The molecular weight excluding hydrogens is 277 g/mol. The van der Waals surface area contributed by atoms with Gasteiger partial charge in [-0.2, -0.15) is 13.2 Å². The summed E-state index contributed by atoms with van der Waals surface area (Å²) in [5.74, 6) is 0. The summed E-state index contributed by atoms with van der Waals surface area (Å²) >= 11 is 0. The van der Waals surface area contributed by atoms with Gasteiger partial charge in [0.15, 0.2) is 20.7 Å². The van der Waals surface area contributed by atoms with E-state index in [4.69, 9.17) is 4.43 Å². The topological polar surface area (TPSA) is 38.7 Å². The van der Waals surface area contributed by atoms with Gasteiger partial charge in [0.1, 0.15) is 0 Å². The first-order valence-corrected chi connectivity index (χ1v) is 9.33. The van der Waals surface area contributed by atoms with Gasteiger partial charge in [-0.05, 0) is 24.6 Å². The van der Waals surface area contributed by atoms with Crippen molar-refractivity contribution in [3.05, 3.63) is 0 Å². The van der Waals surface area contributed by atoms with Gasteiger partial charge in [0.2, 0.25) is 0 Å². The first-order chi connectivity index (χ1) is 8.34. The van der Waals surface area contributed by atoms with E-state index >= 15 is 0 Å². The minimum Gasteiger partial charge on any atom is -0.411 e. The molecule has 0 saturated carbocycles. The Morgan fingerprint density at radius 2 is 1.68 bits per heavy atom. The molecule has 0 radical (unpaired) electrons. The highest BCUT2D eigenvalue weighted by atomic mass is 28.4. The standard InChI is InChI=1S/C12H23F3O3Si/c1-11(2,3)19(4,5)18-8-6-7-9(16)17-10(8)12(13,14)15/h8-10,16H,6-7H2,1-5H3/t8-,9?,10-/m0/s1. The number of aliphatic hydroxyl groups excluding tert-OH is 1. The lowest BCUT2D eigenvalue weighted by molar-refractivity contribution is -0.300. The van der Waals surface area contributed by atoms with E-state index in [0.29, 0.717) is 0 Å². The zero-order valence-corrected chi connectivity index (χ0v) is 13.0. The van der Waals surface area contributed by atoms with E-state index in [9.17, 15) is 18.3 Å². The number of halogens is 3. The van der Waals surface area contributed by atoms with Gasteiger partial charge in [0, 0.05) is 6.42 Å². The van der Waals surface area contributed by atoms with Gasteiger partial charge in [-0.15, -0.1) is 0 Å². The molecule has 3 nitrogen and oxygen atoms in total. The number of aliphatic hydroxyl groups is 1. The van der Waals surface area contributed by atoms with Crippen LogP contribution in [0, 0.1) is 0 Å². The second kappa shape index (κ2) is 5.35. The summed E-state index contributed by atoms with van der Waals surface area (Å²) in [7, 11) is -2.30. The molecule has 0 bridgehead atoms. The van der Waals surface area contributed by atoms with Crippen molar-refractivity contribution in [2.45, 2.75) is 76.4 Å². The molecule has 1 aliphatic heterocycles. The SMILES string of the molecule is CC(C)(C)[Si](C)(C)O[C@H]1CCC(O)O[C@@H]1C(F)(F)F. The van der Waals surface area contributed by atoms with Gasteiger partial charge >= 0.3 is 6.18 Å². The van der Waals surface area contributed by atoms with Gasteiger partial charge in [-0.25, -0.2) is 0 Å². The first kappa shape index (κ1) is 16.9. The molecule has 1 rings (SSSR count). The maximum atomic E-state index is 12.9. The Labute approximate surface area is 113 Å². The van der Waals surface area contributed by atoms with Crippen LogP contribution in [0.25, 0.3) is 0 Å². The van der Waals surface area contributed by atoms with Crippen LogP contribution in [-0.4, -0.2) is 38.1 Å². The van der Waals surface area contributed by atoms with Crippen LogP contribution >= 0.6 is 0 Å². The van der Waals surface area contributed by atoms with Crippen LogP contribution in [0.4, 0.5) is 13.2 Å². The Morgan fingerprint density at radius 1 is 1.16 bits per heavy atom. The Kier molecular flexibility index (Phi) is 4.77. The molecule has 0 spiro atoms. The normalized spacial score (nSPS) is 30.5. The first-order valence-electron chi connectivity index (χ1n) is 6.42. The van der Waals surface area contributed by atoms with E-state index < -0.39 is 33.0 Å². The van der Waals surface area contributed by atoms with E-state index in [2.05, 4.69) is 4.74 Å². The lowest BCUT2D eigenvalue weighted by Crippen LogP contribution is -2.54. The van der Waals surface area contributed by atoms with Crippen LogP contribution in [0.2, 0.25) is 18.1 Å². The van der Waals surface area contributed by atoms with Gasteiger partial charge in [0.25, 0.3) is 0 Å². The Bertz CT molecular complexity index is 312. The Hall–Kier alpha value is -0.113. The summed E-state index contributed by atoms with van der Waals surface area (Å²) < 4.78 is 49.3. The van der Waals surface area contributed by atoms with Gasteiger partial charge in [-0.1, -0.05) is 20.8 Å². The molecule has 1 heterocycles. The number of hydrogen-bond acceptors (Lipinski definition) is 3. The van der Waals surface area contributed by atoms with Crippen molar-refractivity contribution < 1.29 is 27.4 Å². The fraction of sp³-hybridized carbons (Fsp3) is 1.00. The van der Waals surface area contributed by atoms with E-state index in [1.54, 1.807) is 0 Å². The molecule has 1 unspecified atom stereocenters. The predicted octanol–water partition coefficient (Wildman–Crippen LogP) is 3.44. The Balaban J connectivity index is 2.86. The number of alkyl halides is 3. The summed E-state index contributed by atoms with van der Waals surface area (Å²) in [6.45, 7) is 9.73. The van der Waals surface area contributed by atoms with Gasteiger partial charge < -0.3 is 14.3 Å². The molecule has 3 atom stereocenters. The smallest absolute Gasteiger partial charge is 0.411 e. The molecule has 0 amide bonds. The second-order valence-electron chi connectivity index (χ2n) is 6.55. The zero-order valence-electron chi connectivity index (χ0n) is 12.0. The van der Waals surface area contributed by atoms with Gasteiger partial charge in [0.05, 0.1) is 6.10 Å². The monoisotopic (exact) mass is 300 g/mol. The Morgan fingerprint density at radius 3 is 2.11 bits per heavy atom. The predicted molar refractivity (Wildman–Crippen MR) is 68.2 cm³/mol. The lowest BCUT2D eigenvalue weighted by Gasteiger charge is -2.43. The molecular formula is C12H23F3O3Si. The van der Waals surface area contributed by atoms with Crippen LogP contribution < -0.4 is 0 Å².